The van der Waals surface area contributed by atoms with Gasteiger partial charge in [-0.05, 0) is 30.9 Å². The molecule has 0 aliphatic carbocycles. The van der Waals surface area contributed by atoms with Crippen LogP contribution in [0.25, 0.3) is 0 Å². The average molecular weight is 422 g/mol. The Kier molecular flexibility index (Phi) is 7.46. The van der Waals surface area contributed by atoms with Crippen LogP contribution < -0.4 is 10.6 Å². The second-order valence-electron chi connectivity index (χ2n) is 4.19. The molecule has 2 aromatic heterocycles. The van der Waals surface area contributed by atoms with Crippen molar-refractivity contribution in [3.8, 4) is 0 Å². The largest absolute Gasteiger partial charge is 0.352 e. The van der Waals surface area contributed by atoms with E-state index in [9.17, 15) is 0 Å². The molecule has 0 saturated carbocycles. The summed E-state index contributed by atoms with van der Waals surface area (Å²) in [7, 11) is 1.78. The highest BCUT2D eigenvalue weighted by Gasteiger charge is 2.03. The summed E-state index contributed by atoms with van der Waals surface area (Å²) in [5.41, 5.74) is 2.39. The van der Waals surface area contributed by atoms with Crippen LogP contribution >= 0.6 is 46.7 Å². The third kappa shape index (κ3) is 5.02. The number of hydrogen-bond donors (Lipinski definition) is 2. The van der Waals surface area contributed by atoms with E-state index in [4.69, 9.17) is 0 Å². The van der Waals surface area contributed by atoms with Crippen molar-refractivity contribution >= 4 is 52.6 Å². The van der Waals surface area contributed by atoms with Gasteiger partial charge in [-0.15, -0.1) is 46.7 Å². The molecule has 0 amide bonds. The fraction of sp³-hybridized carbons (Fsp3) is 0.385. The molecule has 0 atom stereocenters. The van der Waals surface area contributed by atoms with Crippen molar-refractivity contribution < 1.29 is 0 Å². The van der Waals surface area contributed by atoms with Crippen molar-refractivity contribution in [2.24, 2.45) is 4.99 Å². The Morgan fingerprint density at radius 1 is 1.25 bits per heavy atom. The molecule has 0 aliphatic rings. The lowest BCUT2D eigenvalue weighted by Crippen LogP contribution is -2.36. The van der Waals surface area contributed by atoms with Crippen LogP contribution in [-0.2, 0) is 13.1 Å². The molecule has 7 heteroatoms. The van der Waals surface area contributed by atoms with E-state index in [1.54, 1.807) is 29.7 Å². The van der Waals surface area contributed by atoms with Gasteiger partial charge in [0.15, 0.2) is 5.96 Å². The van der Waals surface area contributed by atoms with E-state index >= 15 is 0 Å². The molecular formula is C13H19IN4S2. The monoisotopic (exact) mass is 422 g/mol. The molecule has 0 aliphatic heterocycles. The Bertz CT molecular complexity index is 562. The molecule has 0 spiro atoms. The number of nitrogens with one attached hydrogen (secondary N) is 2. The van der Waals surface area contributed by atoms with Gasteiger partial charge < -0.3 is 10.6 Å². The van der Waals surface area contributed by atoms with E-state index in [0.29, 0.717) is 6.54 Å². The van der Waals surface area contributed by atoms with Crippen molar-refractivity contribution in [1.29, 1.82) is 0 Å². The summed E-state index contributed by atoms with van der Waals surface area (Å²) in [6, 6.07) is 2.14. The van der Waals surface area contributed by atoms with Gasteiger partial charge in [0.1, 0.15) is 5.01 Å². The van der Waals surface area contributed by atoms with Gasteiger partial charge in [-0.2, -0.15) is 0 Å². The number of aliphatic imine (C=N–C) groups is 1. The van der Waals surface area contributed by atoms with Crippen LogP contribution in [0.3, 0.4) is 0 Å². The molecule has 2 rings (SSSR count). The smallest absolute Gasteiger partial charge is 0.191 e. The maximum absolute atomic E-state index is 4.42. The van der Waals surface area contributed by atoms with Crippen molar-refractivity contribution in [2.45, 2.75) is 26.9 Å². The SMILES string of the molecule is CN=C(NCc1nc(C)cs1)NCc1sccc1C.I. The van der Waals surface area contributed by atoms with Crippen LogP contribution in [0.2, 0.25) is 0 Å². The van der Waals surface area contributed by atoms with Gasteiger partial charge >= 0.3 is 0 Å². The third-order valence-electron chi connectivity index (χ3n) is 2.68. The van der Waals surface area contributed by atoms with E-state index in [2.05, 4.69) is 44.4 Å². The number of nitrogens with zero attached hydrogens (tertiary/aromatic N) is 2. The minimum atomic E-state index is 0. The Balaban J connectivity index is 0.00000200. The summed E-state index contributed by atoms with van der Waals surface area (Å²) in [5, 5.41) is 11.8. The number of guanidine groups is 1. The number of aromatic nitrogens is 1. The minimum Gasteiger partial charge on any atom is -0.352 e. The zero-order valence-electron chi connectivity index (χ0n) is 11.8. The minimum absolute atomic E-state index is 0. The third-order valence-corrected chi connectivity index (χ3v) is 4.67. The molecule has 2 heterocycles. The van der Waals surface area contributed by atoms with Gasteiger partial charge in [0.2, 0.25) is 0 Å². The van der Waals surface area contributed by atoms with Crippen LogP contribution in [0.15, 0.2) is 21.8 Å². The average Bonchev–Trinajstić information content (AvgIpc) is 2.99. The molecule has 0 bridgehead atoms. The zero-order valence-corrected chi connectivity index (χ0v) is 15.7. The first-order valence-electron chi connectivity index (χ1n) is 6.07. The molecule has 0 radical (unpaired) electrons. The topological polar surface area (TPSA) is 49.3 Å². The second-order valence-corrected chi connectivity index (χ2v) is 6.13. The quantitative estimate of drug-likeness (QED) is 0.452. The van der Waals surface area contributed by atoms with E-state index in [-0.39, 0.29) is 24.0 Å². The predicted molar refractivity (Wildman–Crippen MR) is 98.4 cm³/mol. The number of rotatable bonds is 4. The van der Waals surface area contributed by atoms with Crippen molar-refractivity contribution in [3.05, 3.63) is 38.0 Å². The molecule has 0 aromatic carbocycles. The lowest BCUT2D eigenvalue weighted by molar-refractivity contribution is 0.807. The highest BCUT2D eigenvalue weighted by atomic mass is 127. The second kappa shape index (κ2) is 8.58. The molecule has 2 N–H and O–H groups in total. The summed E-state index contributed by atoms with van der Waals surface area (Å²) < 4.78 is 0. The van der Waals surface area contributed by atoms with Crippen LogP contribution in [0.4, 0.5) is 0 Å². The van der Waals surface area contributed by atoms with Gasteiger partial charge in [-0.3, -0.25) is 4.99 Å². The van der Waals surface area contributed by atoms with E-state index in [1.807, 2.05) is 6.92 Å². The van der Waals surface area contributed by atoms with Crippen LogP contribution in [0.1, 0.15) is 21.1 Å². The van der Waals surface area contributed by atoms with E-state index < -0.39 is 0 Å². The highest BCUT2D eigenvalue weighted by molar-refractivity contribution is 14.0. The normalized spacial score (nSPS) is 11.1. The number of halogens is 1. The van der Waals surface area contributed by atoms with Crippen LogP contribution in [0, 0.1) is 13.8 Å². The maximum Gasteiger partial charge on any atom is 0.191 e. The maximum atomic E-state index is 4.42. The number of thiophene rings is 1. The first-order valence-corrected chi connectivity index (χ1v) is 7.83. The Morgan fingerprint density at radius 2 is 2.00 bits per heavy atom. The molecular weight excluding hydrogens is 403 g/mol. The van der Waals surface area contributed by atoms with E-state index in [1.165, 1.54) is 10.4 Å². The molecule has 20 heavy (non-hydrogen) atoms. The van der Waals surface area contributed by atoms with Gasteiger partial charge in [0.05, 0.1) is 13.1 Å². The Morgan fingerprint density at radius 3 is 2.55 bits per heavy atom. The summed E-state index contributed by atoms with van der Waals surface area (Å²) in [6.45, 7) is 5.65. The van der Waals surface area contributed by atoms with E-state index in [0.717, 1.165) is 23.2 Å². The van der Waals surface area contributed by atoms with Gasteiger partial charge in [0, 0.05) is 23.0 Å². The first kappa shape index (κ1) is 17.4. The number of hydrogen-bond acceptors (Lipinski definition) is 4. The molecule has 4 nitrogen and oxygen atoms in total. The fourth-order valence-corrected chi connectivity index (χ4v) is 3.17. The van der Waals surface area contributed by atoms with Crippen molar-refractivity contribution in [1.82, 2.24) is 15.6 Å². The summed E-state index contributed by atoms with van der Waals surface area (Å²) in [5.74, 6) is 0.806. The summed E-state index contributed by atoms with van der Waals surface area (Å²) in [4.78, 5) is 9.97. The molecule has 0 unspecified atom stereocenters. The number of thiazole rings is 1. The predicted octanol–water partition coefficient (Wildman–Crippen LogP) is 3.30. The lowest BCUT2D eigenvalue weighted by atomic mass is 10.3. The van der Waals surface area contributed by atoms with Crippen LogP contribution in [-0.4, -0.2) is 18.0 Å². The molecule has 2 aromatic rings. The fourth-order valence-electron chi connectivity index (χ4n) is 1.61. The molecule has 110 valence electrons. The van der Waals surface area contributed by atoms with Crippen LogP contribution in [0.5, 0.6) is 0 Å². The van der Waals surface area contributed by atoms with Crippen molar-refractivity contribution in [3.63, 3.8) is 0 Å². The van der Waals surface area contributed by atoms with Gasteiger partial charge in [-0.1, -0.05) is 0 Å². The standard InChI is InChI=1S/C13H18N4S2.HI/c1-9-4-5-18-11(9)6-15-13(14-3)16-7-12-17-10(2)8-19-12;/h4-5,8H,6-7H2,1-3H3,(H2,14,15,16);1H. The summed E-state index contributed by atoms with van der Waals surface area (Å²) in [6.07, 6.45) is 0. The Labute approximate surface area is 144 Å². The molecule has 0 fully saturated rings. The van der Waals surface area contributed by atoms with Crippen molar-refractivity contribution in [2.75, 3.05) is 7.05 Å². The Hall–Kier alpha value is -0.670. The number of aryl methyl sites for hydroxylation is 2. The van der Waals surface area contributed by atoms with Gasteiger partial charge in [0.25, 0.3) is 0 Å². The summed E-state index contributed by atoms with van der Waals surface area (Å²) >= 11 is 3.43. The first-order chi connectivity index (χ1) is 9.19. The zero-order chi connectivity index (χ0) is 13.7. The lowest BCUT2D eigenvalue weighted by Gasteiger charge is -2.10. The highest BCUT2D eigenvalue weighted by Crippen LogP contribution is 2.14. The van der Waals surface area contributed by atoms with Gasteiger partial charge in [-0.25, -0.2) is 4.98 Å². The molecule has 0 saturated heterocycles.